The molecule has 6 heteroatoms. The van der Waals surface area contributed by atoms with Crippen LogP contribution in [0.25, 0.3) is 0 Å². The molecule has 0 bridgehead atoms. The van der Waals surface area contributed by atoms with Gasteiger partial charge in [0.05, 0.1) is 12.0 Å². The molecule has 6 nitrogen and oxygen atoms in total. The monoisotopic (exact) mass is 265 g/mol. The number of hydrogen-bond acceptors (Lipinski definition) is 4. The molecular weight excluding hydrogens is 242 g/mol. The Morgan fingerprint density at radius 2 is 2.11 bits per heavy atom. The van der Waals surface area contributed by atoms with Crippen molar-refractivity contribution >= 4 is 5.91 Å². The van der Waals surface area contributed by atoms with Gasteiger partial charge in [-0.05, 0) is 12.8 Å². The topological polar surface area (TPSA) is 87.9 Å². The molecule has 1 saturated carbocycles. The van der Waals surface area contributed by atoms with E-state index >= 15 is 0 Å². The van der Waals surface area contributed by atoms with Crippen molar-refractivity contribution in [2.24, 2.45) is 11.1 Å². The Morgan fingerprint density at radius 1 is 1.42 bits per heavy atom. The van der Waals surface area contributed by atoms with Gasteiger partial charge in [-0.3, -0.25) is 9.89 Å². The highest BCUT2D eigenvalue weighted by molar-refractivity contribution is 5.82. The minimum atomic E-state index is -0.370. The van der Waals surface area contributed by atoms with Gasteiger partial charge in [0.2, 0.25) is 5.91 Å². The van der Waals surface area contributed by atoms with Crippen LogP contribution < -0.4 is 5.73 Å². The van der Waals surface area contributed by atoms with Crippen LogP contribution in [-0.4, -0.2) is 39.6 Å². The lowest BCUT2D eigenvalue weighted by atomic mass is 9.79. The Kier molecular flexibility index (Phi) is 4.52. The second kappa shape index (κ2) is 6.14. The van der Waals surface area contributed by atoms with Crippen LogP contribution in [0.2, 0.25) is 0 Å². The predicted molar refractivity (Wildman–Crippen MR) is 72.0 cm³/mol. The zero-order valence-corrected chi connectivity index (χ0v) is 11.6. The number of rotatable bonds is 4. The molecule has 1 aliphatic rings. The van der Waals surface area contributed by atoms with Gasteiger partial charge in [0.25, 0.3) is 0 Å². The molecule has 106 valence electrons. The Labute approximate surface area is 113 Å². The largest absolute Gasteiger partial charge is 0.338 e. The van der Waals surface area contributed by atoms with Gasteiger partial charge >= 0.3 is 0 Å². The first-order valence-electron chi connectivity index (χ1n) is 6.98. The van der Waals surface area contributed by atoms with Crippen LogP contribution in [0.15, 0.2) is 6.33 Å². The number of aromatic amines is 1. The summed E-state index contributed by atoms with van der Waals surface area (Å²) in [7, 11) is 1.81. The normalized spacial score (nSPS) is 18.8. The summed E-state index contributed by atoms with van der Waals surface area (Å²) in [5.41, 5.74) is 5.57. The van der Waals surface area contributed by atoms with Crippen LogP contribution in [0.4, 0.5) is 0 Å². The maximum Gasteiger partial charge on any atom is 0.230 e. The number of hydrogen-bond donors (Lipinski definition) is 2. The molecule has 19 heavy (non-hydrogen) atoms. The van der Waals surface area contributed by atoms with Crippen molar-refractivity contribution in [3.8, 4) is 0 Å². The fraction of sp³-hybridized carbons (Fsp3) is 0.769. The van der Waals surface area contributed by atoms with Crippen molar-refractivity contribution in [3.63, 3.8) is 0 Å². The molecular formula is C13H23N5O. The third-order valence-corrected chi connectivity index (χ3v) is 4.10. The maximum atomic E-state index is 12.7. The zero-order chi connectivity index (χ0) is 13.7. The fourth-order valence-corrected chi connectivity index (χ4v) is 2.92. The maximum absolute atomic E-state index is 12.7. The molecule has 1 aromatic heterocycles. The van der Waals surface area contributed by atoms with Crippen LogP contribution in [0, 0.1) is 5.41 Å². The molecule has 0 spiro atoms. The van der Waals surface area contributed by atoms with Gasteiger partial charge in [-0.25, -0.2) is 4.98 Å². The molecule has 2 rings (SSSR count). The molecule has 0 unspecified atom stereocenters. The van der Waals surface area contributed by atoms with Gasteiger partial charge in [-0.1, -0.05) is 25.7 Å². The van der Waals surface area contributed by atoms with Gasteiger partial charge in [0.1, 0.15) is 12.2 Å². The SMILES string of the molecule is CN(Cc1ncn[nH]1)C(=O)C1(CN)CCCCCC1. The van der Waals surface area contributed by atoms with E-state index in [-0.39, 0.29) is 11.3 Å². The van der Waals surface area contributed by atoms with E-state index in [1.165, 1.54) is 19.2 Å². The quantitative estimate of drug-likeness (QED) is 0.797. The standard InChI is InChI=1S/C13H23N5O/c1-18(8-11-15-10-16-17-11)12(19)13(9-14)6-4-2-3-5-7-13/h10H,2-9,14H2,1H3,(H,15,16,17). The van der Waals surface area contributed by atoms with Crippen LogP contribution in [0.1, 0.15) is 44.3 Å². The Bertz CT molecular complexity index is 395. The van der Waals surface area contributed by atoms with E-state index in [9.17, 15) is 4.79 Å². The summed E-state index contributed by atoms with van der Waals surface area (Å²) < 4.78 is 0. The van der Waals surface area contributed by atoms with E-state index in [4.69, 9.17) is 5.73 Å². The average Bonchev–Trinajstić information content (AvgIpc) is 2.80. The molecule has 1 aromatic rings. The second-order valence-corrected chi connectivity index (χ2v) is 5.49. The minimum Gasteiger partial charge on any atom is -0.338 e. The number of nitrogens with two attached hydrogens (primary N) is 1. The summed E-state index contributed by atoms with van der Waals surface area (Å²) in [5.74, 6) is 0.852. The number of amides is 1. The van der Waals surface area contributed by atoms with Crippen molar-refractivity contribution in [2.75, 3.05) is 13.6 Å². The number of aromatic nitrogens is 3. The number of carbonyl (C=O) groups excluding carboxylic acids is 1. The summed E-state index contributed by atoms with van der Waals surface area (Å²) in [6.45, 7) is 0.896. The first kappa shape index (κ1) is 14.0. The molecule has 3 N–H and O–H groups in total. The lowest BCUT2D eigenvalue weighted by molar-refractivity contribution is -0.141. The van der Waals surface area contributed by atoms with Crippen molar-refractivity contribution in [1.29, 1.82) is 0 Å². The van der Waals surface area contributed by atoms with Crippen LogP contribution in [0.5, 0.6) is 0 Å². The Hall–Kier alpha value is -1.43. The van der Waals surface area contributed by atoms with Gasteiger partial charge in [-0.15, -0.1) is 0 Å². The number of nitrogens with one attached hydrogen (secondary N) is 1. The molecule has 1 fully saturated rings. The summed E-state index contributed by atoms with van der Waals surface area (Å²) in [4.78, 5) is 18.5. The minimum absolute atomic E-state index is 0.147. The molecule has 0 aromatic carbocycles. The molecule has 0 saturated heterocycles. The highest BCUT2D eigenvalue weighted by Crippen LogP contribution is 2.35. The number of H-pyrrole nitrogens is 1. The second-order valence-electron chi connectivity index (χ2n) is 5.49. The number of nitrogens with zero attached hydrogens (tertiary/aromatic N) is 3. The average molecular weight is 265 g/mol. The molecule has 1 amide bonds. The van der Waals surface area contributed by atoms with E-state index in [0.717, 1.165) is 25.7 Å². The van der Waals surface area contributed by atoms with Gasteiger partial charge in [0.15, 0.2) is 0 Å². The lowest BCUT2D eigenvalue weighted by Gasteiger charge is -2.33. The first-order chi connectivity index (χ1) is 9.18. The summed E-state index contributed by atoms with van der Waals surface area (Å²) in [5, 5.41) is 6.58. The molecule has 1 heterocycles. The molecule has 1 aliphatic carbocycles. The smallest absolute Gasteiger partial charge is 0.230 e. The number of carbonyl (C=O) groups is 1. The van der Waals surface area contributed by atoms with Crippen molar-refractivity contribution in [1.82, 2.24) is 20.1 Å². The Balaban J connectivity index is 2.06. The molecule has 0 aliphatic heterocycles. The van der Waals surface area contributed by atoms with Gasteiger partial charge in [-0.2, -0.15) is 5.10 Å². The fourth-order valence-electron chi connectivity index (χ4n) is 2.92. The highest BCUT2D eigenvalue weighted by Gasteiger charge is 2.39. The highest BCUT2D eigenvalue weighted by atomic mass is 16.2. The molecule has 0 atom stereocenters. The Morgan fingerprint density at radius 3 is 2.63 bits per heavy atom. The van der Waals surface area contributed by atoms with E-state index in [2.05, 4.69) is 15.2 Å². The predicted octanol–water partition coefficient (Wildman–Crippen LogP) is 1.06. The van der Waals surface area contributed by atoms with E-state index in [1.807, 2.05) is 7.05 Å². The van der Waals surface area contributed by atoms with Crippen LogP contribution in [0.3, 0.4) is 0 Å². The van der Waals surface area contributed by atoms with E-state index < -0.39 is 0 Å². The van der Waals surface area contributed by atoms with Crippen molar-refractivity contribution < 1.29 is 4.79 Å². The van der Waals surface area contributed by atoms with E-state index in [0.29, 0.717) is 18.9 Å². The van der Waals surface area contributed by atoms with E-state index in [1.54, 1.807) is 4.90 Å². The summed E-state index contributed by atoms with van der Waals surface area (Å²) >= 11 is 0. The summed E-state index contributed by atoms with van der Waals surface area (Å²) in [6, 6.07) is 0. The van der Waals surface area contributed by atoms with Crippen molar-refractivity contribution in [2.45, 2.75) is 45.1 Å². The molecule has 0 radical (unpaired) electrons. The third kappa shape index (κ3) is 3.12. The van der Waals surface area contributed by atoms with Crippen LogP contribution >= 0.6 is 0 Å². The third-order valence-electron chi connectivity index (χ3n) is 4.10. The lowest BCUT2D eigenvalue weighted by Crippen LogP contribution is -2.46. The summed E-state index contributed by atoms with van der Waals surface area (Å²) in [6.07, 6.45) is 7.88. The van der Waals surface area contributed by atoms with Crippen molar-refractivity contribution in [3.05, 3.63) is 12.2 Å². The first-order valence-corrected chi connectivity index (χ1v) is 6.98. The van der Waals surface area contributed by atoms with Crippen LogP contribution in [-0.2, 0) is 11.3 Å². The van der Waals surface area contributed by atoms with Gasteiger partial charge in [0, 0.05) is 13.6 Å². The zero-order valence-electron chi connectivity index (χ0n) is 11.6. The van der Waals surface area contributed by atoms with Gasteiger partial charge < -0.3 is 10.6 Å².